The van der Waals surface area contributed by atoms with E-state index in [0.29, 0.717) is 0 Å². The molecule has 0 N–H and O–H groups in total. The minimum atomic E-state index is 0.0643. The zero-order valence-electron chi connectivity index (χ0n) is 13.8. The largest absolute Gasteiger partial charge is 0.308 e. The van der Waals surface area contributed by atoms with Gasteiger partial charge >= 0.3 is 0 Å². The van der Waals surface area contributed by atoms with Crippen molar-refractivity contribution in [3.8, 4) is 27.5 Å². The van der Waals surface area contributed by atoms with Gasteiger partial charge in [-0.15, -0.1) is 11.3 Å². The third kappa shape index (κ3) is 2.83. The summed E-state index contributed by atoms with van der Waals surface area (Å²) in [5.41, 5.74) is 4.79. The van der Waals surface area contributed by atoms with E-state index in [-0.39, 0.29) is 5.43 Å². The van der Waals surface area contributed by atoms with Crippen molar-refractivity contribution in [3.63, 3.8) is 0 Å². The molecular formula is C22H17NOS. The monoisotopic (exact) mass is 343 g/mol. The van der Waals surface area contributed by atoms with Gasteiger partial charge in [0.15, 0.2) is 5.43 Å². The lowest BCUT2D eigenvalue weighted by Gasteiger charge is -2.20. The molecule has 2 heterocycles. The quantitative estimate of drug-likeness (QED) is 0.478. The van der Waals surface area contributed by atoms with Gasteiger partial charge in [0.1, 0.15) is 0 Å². The number of para-hydroxylation sites is 1. The number of hydrogen-bond donors (Lipinski definition) is 0. The first-order valence-electron chi connectivity index (χ1n) is 8.17. The zero-order valence-corrected chi connectivity index (χ0v) is 14.7. The Kier molecular flexibility index (Phi) is 4.08. The molecule has 0 saturated heterocycles. The van der Waals surface area contributed by atoms with Crippen molar-refractivity contribution >= 4 is 11.3 Å². The molecule has 0 aliphatic carbocycles. The molecule has 0 atom stereocenters. The van der Waals surface area contributed by atoms with Gasteiger partial charge in [-0.05, 0) is 36.1 Å². The molecular weight excluding hydrogens is 326 g/mol. The first-order valence-corrected chi connectivity index (χ1v) is 9.05. The molecule has 4 aromatic rings. The average Bonchev–Trinajstić information content (AvgIpc) is 3.19. The Balaban J connectivity index is 2.14. The third-order valence-corrected chi connectivity index (χ3v) is 5.17. The number of benzene rings is 2. The number of nitrogens with zero attached hydrogens (tertiary/aromatic N) is 1. The van der Waals surface area contributed by atoms with Gasteiger partial charge in [-0.3, -0.25) is 4.79 Å². The number of pyridine rings is 1. The summed E-state index contributed by atoms with van der Waals surface area (Å²) in [7, 11) is 0. The highest BCUT2D eigenvalue weighted by atomic mass is 32.1. The molecule has 0 fully saturated rings. The molecule has 2 nitrogen and oxygen atoms in total. The van der Waals surface area contributed by atoms with Gasteiger partial charge in [-0.1, -0.05) is 54.6 Å². The Labute approximate surface area is 150 Å². The second-order valence-electron chi connectivity index (χ2n) is 5.88. The van der Waals surface area contributed by atoms with Crippen LogP contribution in [0.3, 0.4) is 0 Å². The van der Waals surface area contributed by atoms with Gasteiger partial charge < -0.3 is 4.57 Å². The third-order valence-electron chi connectivity index (χ3n) is 4.30. The van der Waals surface area contributed by atoms with Crippen LogP contribution in [0.4, 0.5) is 0 Å². The van der Waals surface area contributed by atoms with Crippen molar-refractivity contribution in [2.75, 3.05) is 0 Å². The molecule has 2 aromatic heterocycles. The van der Waals surface area contributed by atoms with Crippen molar-refractivity contribution < 1.29 is 0 Å². The first kappa shape index (κ1) is 15.6. The lowest BCUT2D eigenvalue weighted by atomic mass is 10.1. The highest BCUT2D eigenvalue weighted by Gasteiger charge is 2.17. The molecule has 0 radical (unpaired) electrons. The van der Waals surface area contributed by atoms with E-state index in [4.69, 9.17) is 0 Å². The van der Waals surface area contributed by atoms with Crippen molar-refractivity contribution in [1.82, 2.24) is 4.57 Å². The predicted octanol–water partition coefficient (Wildman–Crippen LogP) is 5.54. The van der Waals surface area contributed by atoms with Crippen LogP contribution < -0.4 is 5.43 Å². The van der Waals surface area contributed by atoms with Crippen molar-refractivity contribution in [2.45, 2.75) is 6.92 Å². The Bertz CT molecular complexity index is 1050. The van der Waals surface area contributed by atoms with Crippen molar-refractivity contribution in [2.24, 2.45) is 0 Å². The van der Waals surface area contributed by atoms with Crippen LogP contribution in [0.1, 0.15) is 5.56 Å². The van der Waals surface area contributed by atoms with E-state index >= 15 is 0 Å². The Hall–Kier alpha value is -2.91. The van der Waals surface area contributed by atoms with E-state index in [1.54, 1.807) is 17.4 Å². The molecule has 0 aliphatic rings. The summed E-state index contributed by atoms with van der Waals surface area (Å²) in [6, 6.07) is 26.1. The maximum absolute atomic E-state index is 12.7. The zero-order chi connectivity index (χ0) is 17.2. The summed E-state index contributed by atoms with van der Waals surface area (Å²) in [4.78, 5) is 13.8. The van der Waals surface area contributed by atoms with Crippen LogP contribution in [-0.4, -0.2) is 4.57 Å². The SMILES string of the molecule is Cc1c(-c2cccs2)n(-c2ccccc2)c(-c2ccccc2)cc1=O. The van der Waals surface area contributed by atoms with Gasteiger partial charge in [0.25, 0.3) is 0 Å². The number of aromatic nitrogens is 1. The molecule has 0 saturated carbocycles. The van der Waals surface area contributed by atoms with E-state index in [0.717, 1.165) is 33.1 Å². The molecule has 0 spiro atoms. The van der Waals surface area contributed by atoms with Crippen LogP contribution in [0.15, 0.2) is 89.0 Å². The van der Waals surface area contributed by atoms with Gasteiger partial charge in [0, 0.05) is 17.3 Å². The van der Waals surface area contributed by atoms with Crippen LogP contribution >= 0.6 is 11.3 Å². The second-order valence-corrected chi connectivity index (χ2v) is 6.83. The minimum absolute atomic E-state index is 0.0643. The van der Waals surface area contributed by atoms with Crippen molar-refractivity contribution in [3.05, 3.63) is 100 Å². The summed E-state index contributed by atoms with van der Waals surface area (Å²) >= 11 is 1.65. The molecule has 4 rings (SSSR count). The van der Waals surface area contributed by atoms with Gasteiger partial charge in [0.2, 0.25) is 0 Å². The highest BCUT2D eigenvalue weighted by molar-refractivity contribution is 7.13. The van der Waals surface area contributed by atoms with E-state index in [2.05, 4.69) is 22.8 Å². The summed E-state index contributed by atoms with van der Waals surface area (Å²) < 4.78 is 2.19. The van der Waals surface area contributed by atoms with Gasteiger partial charge in [0.05, 0.1) is 16.3 Å². The average molecular weight is 343 g/mol. The Morgan fingerprint density at radius 3 is 2.16 bits per heavy atom. The lowest BCUT2D eigenvalue weighted by molar-refractivity contribution is 1.04. The van der Waals surface area contributed by atoms with E-state index in [1.165, 1.54) is 0 Å². The summed E-state index contributed by atoms with van der Waals surface area (Å²) in [6.45, 7) is 1.91. The van der Waals surface area contributed by atoms with E-state index in [1.807, 2.05) is 66.9 Å². The maximum Gasteiger partial charge on any atom is 0.185 e. The van der Waals surface area contributed by atoms with Gasteiger partial charge in [-0.2, -0.15) is 0 Å². The van der Waals surface area contributed by atoms with E-state index in [9.17, 15) is 4.79 Å². The first-order chi connectivity index (χ1) is 12.3. The van der Waals surface area contributed by atoms with Crippen LogP contribution in [0.2, 0.25) is 0 Å². The summed E-state index contributed by atoms with van der Waals surface area (Å²) in [5.74, 6) is 0. The molecule has 0 aliphatic heterocycles. The van der Waals surface area contributed by atoms with Crippen LogP contribution in [0.5, 0.6) is 0 Å². The molecule has 0 unspecified atom stereocenters. The Morgan fingerprint density at radius 2 is 1.52 bits per heavy atom. The fraction of sp³-hybridized carbons (Fsp3) is 0.0455. The second kappa shape index (κ2) is 6.54. The van der Waals surface area contributed by atoms with Crippen LogP contribution in [0, 0.1) is 6.92 Å². The smallest absolute Gasteiger partial charge is 0.185 e. The summed E-state index contributed by atoms with van der Waals surface area (Å²) in [6.07, 6.45) is 0. The molecule has 122 valence electrons. The standard InChI is InChI=1S/C22H17NOS/c1-16-20(24)15-19(17-9-4-2-5-10-17)23(18-11-6-3-7-12-18)22(16)21-13-8-14-25-21/h2-15H,1H3. The summed E-state index contributed by atoms with van der Waals surface area (Å²) in [5, 5.41) is 2.05. The van der Waals surface area contributed by atoms with E-state index < -0.39 is 0 Å². The molecule has 0 bridgehead atoms. The van der Waals surface area contributed by atoms with Crippen LogP contribution in [0.25, 0.3) is 27.5 Å². The topological polar surface area (TPSA) is 22.0 Å². The molecule has 3 heteroatoms. The predicted molar refractivity (Wildman–Crippen MR) is 106 cm³/mol. The van der Waals surface area contributed by atoms with Gasteiger partial charge in [-0.25, -0.2) is 0 Å². The minimum Gasteiger partial charge on any atom is -0.308 e. The number of hydrogen-bond acceptors (Lipinski definition) is 2. The fourth-order valence-corrected chi connectivity index (χ4v) is 3.89. The Morgan fingerprint density at radius 1 is 0.840 bits per heavy atom. The molecule has 25 heavy (non-hydrogen) atoms. The van der Waals surface area contributed by atoms with Crippen LogP contribution in [-0.2, 0) is 0 Å². The lowest BCUT2D eigenvalue weighted by Crippen LogP contribution is -2.15. The maximum atomic E-state index is 12.7. The number of thiophene rings is 1. The van der Waals surface area contributed by atoms with Crippen molar-refractivity contribution in [1.29, 1.82) is 0 Å². The fourth-order valence-electron chi connectivity index (χ4n) is 3.08. The highest BCUT2D eigenvalue weighted by Crippen LogP contribution is 2.33. The normalized spacial score (nSPS) is 10.8. The molecule has 2 aromatic carbocycles. The number of rotatable bonds is 3. The molecule has 0 amide bonds.